The van der Waals surface area contributed by atoms with Crippen LogP contribution >= 0.6 is 11.3 Å². The average molecular weight is 431 g/mol. The minimum Gasteiger partial charge on any atom is -0.454 e. The van der Waals surface area contributed by atoms with Gasteiger partial charge in [-0.05, 0) is 30.3 Å². The quantitative estimate of drug-likeness (QED) is 0.623. The number of benzene rings is 2. The Morgan fingerprint density at radius 2 is 1.93 bits per heavy atom. The van der Waals surface area contributed by atoms with Crippen LogP contribution in [-0.2, 0) is 4.79 Å². The average Bonchev–Trinajstić information content (AvgIpc) is 3.36. The summed E-state index contributed by atoms with van der Waals surface area (Å²) in [6.07, 6.45) is -0.0342. The van der Waals surface area contributed by atoms with Crippen molar-refractivity contribution < 1.29 is 27.8 Å². The van der Waals surface area contributed by atoms with Gasteiger partial charge in [0.1, 0.15) is 11.6 Å². The van der Waals surface area contributed by atoms with Gasteiger partial charge in [-0.25, -0.2) is 13.8 Å². The topological polar surface area (TPSA) is 89.6 Å². The minimum absolute atomic E-state index is 0.0120. The standard InChI is InChI=1S/C20H15F2N3O4S/c21-12-2-3-13(14(22)8-12)19(27)23-6-5-18(26)25-20-24-15(9-30-20)11-1-4-16-17(7-11)29-10-28-16/h1-4,7-9H,5-6,10H2,(H,23,27)(H,24,25,26). The van der Waals surface area contributed by atoms with Gasteiger partial charge in [-0.2, -0.15) is 0 Å². The fourth-order valence-electron chi connectivity index (χ4n) is 2.76. The Hall–Kier alpha value is -3.53. The third kappa shape index (κ3) is 4.38. The predicted molar refractivity (Wildman–Crippen MR) is 106 cm³/mol. The number of nitrogens with zero attached hydrogens (tertiary/aromatic N) is 1. The zero-order valence-electron chi connectivity index (χ0n) is 15.4. The Morgan fingerprint density at radius 1 is 1.10 bits per heavy atom. The summed E-state index contributed by atoms with van der Waals surface area (Å²) in [4.78, 5) is 28.4. The van der Waals surface area contributed by atoms with Crippen LogP contribution in [0.1, 0.15) is 16.8 Å². The summed E-state index contributed by atoms with van der Waals surface area (Å²) in [6, 6.07) is 8.12. The largest absolute Gasteiger partial charge is 0.454 e. The van der Waals surface area contributed by atoms with Crippen LogP contribution in [-0.4, -0.2) is 30.1 Å². The van der Waals surface area contributed by atoms with Gasteiger partial charge in [0.2, 0.25) is 12.7 Å². The number of nitrogens with one attached hydrogen (secondary N) is 2. The molecule has 1 aromatic heterocycles. The van der Waals surface area contributed by atoms with Crippen molar-refractivity contribution in [3.05, 3.63) is 59.0 Å². The Morgan fingerprint density at radius 3 is 2.77 bits per heavy atom. The third-order valence-electron chi connectivity index (χ3n) is 4.23. The van der Waals surface area contributed by atoms with Gasteiger partial charge in [-0.1, -0.05) is 0 Å². The van der Waals surface area contributed by atoms with Crippen LogP contribution in [0, 0.1) is 11.6 Å². The molecule has 0 fully saturated rings. The highest BCUT2D eigenvalue weighted by Gasteiger charge is 2.16. The number of amides is 2. The summed E-state index contributed by atoms with van der Waals surface area (Å²) in [7, 11) is 0. The molecule has 0 atom stereocenters. The van der Waals surface area contributed by atoms with Crippen LogP contribution in [0.5, 0.6) is 11.5 Å². The number of hydrogen-bond acceptors (Lipinski definition) is 6. The van der Waals surface area contributed by atoms with Crippen molar-refractivity contribution in [2.24, 2.45) is 0 Å². The maximum Gasteiger partial charge on any atom is 0.254 e. The van der Waals surface area contributed by atoms with E-state index >= 15 is 0 Å². The van der Waals surface area contributed by atoms with Crippen LogP contribution < -0.4 is 20.1 Å². The number of fused-ring (bicyclic) bond motifs is 1. The molecule has 2 aromatic carbocycles. The summed E-state index contributed by atoms with van der Waals surface area (Å²) in [5.74, 6) is -1.51. The summed E-state index contributed by atoms with van der Waals surface area (Å²) in [6.45, 7) is 0.170. The second kappa shape index (κ2) is 8.46. The molecule has 3 aromatic rings. The summed E-state index contributed by atoms with van der Waals surface area (Å²) in [5.41, 5.74) is 1.21. The molecule has 4 rings (SSSR count). The number of halogens is 2. The van der Waals surface area contributed by atoms with Crippen molar-refractivity contribution in [3.8, 4) is 22.8 Å². The fourth-order valence-corrected chi connectivity index (χ4v) is 3.50. The van der Waals surface area contributed by atoms with Crippen LogP contribution in [0.2, 0.25) is 0 Å². The molecule has 7 nitrogen and oxygen atoms in total. The number of hydrogen-bond donors (Lipinski definition) is 2. The van der Waals surface area contributed by atoms with Crippen LogP contribution in [0.15, 0.2) is 41.8 Å². The van der Waals surface area contributed by atoms with E-state index in [9.17, 15) is 18.4 Å². The van der Waals surface area contributed by atoms with Crippen LogP contribution in [0.25, 0.3) is 11.3 Å². The molecule has 0 saturated carbocycles. The van der Waals surface area contributed by atoms with Crippen molar-refractivity contribution in [1.82, 2.24) is 10.3 Å². The zero-order valence-corrected chi connectivity index (χ0v) is 16.2. The van der Waals surface area contributed by atoms with E-state index in [2.05, 4.69) is 15.6 Å². The van der Waals surface area contributed by atoms with Gasteiger partial charge in [-0.3, -0.25) is 9.59 Å². The van der Waals surface area contributed by atoms with Crippen molar-refractivity contribution in [3.63, 3.8) is 0 Å². The maximum atomic E-state index is 13.6. The molecule has 154 valence electrons. The first-order valence-corrected chi connectivity index (χ1v) is 9.76. The molecule has 2 amide bonds. The summed E-state index contributed by atoms with van der Waals surface area (Å²) in [5, 5.41) is 7.28. The molecule has 0 aliphatic carbocycles. The van der Waals surface area contributed by atoms with Crippen molar-refractivity contribution >= 4 is 28.3 Å². The molecule has 30 heavy (non-hydrogen) atoms. The van der Waals surface area contributed by atoms with Gasteiger partial charge in [0.25, 0.3) is 5.91 Å². The zero-order chi connectivity index (χ0) is 21.1. The number of ether oxygens (including phenoxy) is 2. The molecular weight excluding hydrogens is 416 g/mol. The van der Waals surface area contributed by atoms with Crippen molar-refractivity contribution in [1.29, 1.82) is 0 Å². The molecule has 2 N–H and O–H groups in total. The normalized spacial score (nSPS) is 11.9. The fraction of sp³-hybridized carbons (Fsp3) is 0.150. The lowest BCUT2D eigenvalue weighted by Gasteiger charge is -2.06. The molecule has 0 radical (unpaired) electrons. The second-order valence-corrected chi connectivity index (χ2v) is 7.14. The van der Waals surface area contributed by atoms with E-state index in [1.807, 2.05) is 12.1 Å². The number of carbonyl (C=O) groups excluding carboxylic acids is 2. The van der Waals surface area contributed by atoms with Crippen LogP contribution in [0.4, 0.5) is 13.9 Å². The number of aromatic nitrogens is 1. The van der Waals surface area contributed by atoms with E-state index in [0.717, 1.165) is 17.7 Å². The van der Waals surface area contributed by atoms with E-state index in [0.29, 0.717) is 28.4 Å². The first-order valence-electron chi connectivity index (χ1n) is 8.88. The molecule has 2 heterocycles. The van der Waals surface area contributed by atoms with Gasteiger partial charge in [0.05, 0.1) is 11.3 Å². The monoisotopic (exact) mass is 431 g/mol. The molecule has 0 bridgehead atoms. The lowest BCUT2D eigenvalue weighted by atomic mass is 10.1. The molecule has 10 heteroatoms. The number of rotatable bonds is 6. The first kappa shape index (κ1) is 19.8. The molecule has 0 unspecified atom stereocenters. The Labute approximate surface area is 173 Å². The highest BCUT2D eigenvalue weighted by molar-refractivity contribution is 7.14. The lowest BCUT2D eigenvalue weighted by molar-refractivity contribution is -0.116. The van der Waals surface area contributed by atoms with Crippen molar-refractivity contribution in [2.75, 3.05) is 18.7 Å². The molecule has 0 saturated heterocycles. The Balaban J connectivity index is 1.29. The van der Waals surface area contributed by atoms with Gasteiger partial charge >= 0.3 is 0 Å². The van der Waals surface area contributed by atoms with E-state index in [1.54, 1.807) is 11.4 Å². The van der Waals surface area contributed by atoms with E-state index in [-0.39, 0.29) is 31.2 Å². The maximum absolute atomic E-state index is 13.6. The van der Waals surface area contributed by atoms with E-state index in [1.165, 1.54) is 11.3 Å². The van der Waals surface area contributed by atoms with Gasteiger partial charge < -0.3 is 20.1 Å². The summed E-state index contributed by atoms with van der Waals surface area (Å²) >= 11 is 1.26. The number of thiazole rings is 1. The number of anilines is 1. The molecule has 1 aliphatic heterocycles. The smallest absolute Gasteiger partial charge is 0.254 e. The molecule has 1 aliphatic rings. The highest BCUT2D eigenvalue weighted by atomic mass is 32.1. The number of carbonyl (C=O) groups is 2. The highest BCUT2D eigenvalue weighted by Crippen LogP contribution is 2.36. The Bertz CT molecular complexity index is 1120. The second-order valence-electron chi connectivity index (χ2n) is 6.28. The van der Waals surface area contributed by atoms with E-state index in [4.69, 9.17) is 9.47 Å². The van der Waals surface area contributed by atoms with Gasteiger partial charge in [-0.15, -0.1) is 11.3 Å². The van der Waals surface area contributed by atoms with Crippen molar-refractivity contribution in [2.45, 2.75) is 6.42 Å². The summed E-state index contributed by atoms with van der Waals surface area (Å²) < 4.78 is 37.1. The minimum atomic E-state index is -0.962. The Kier molecular flexibility index (Phi) is 5.57. The predicted octanol–water partition coefficient (Wildman–Crippen LogP) is 3.58. The molecular formula is C20H15F2N3O4S. The van der Waals surface area contributed by atoms with Gasteiger partial charge in [0.15, 0.2) is 16.6 Å². The van der Waals surface area contributed by atoms with Crippen LogP contribution in [0.3, 0.4) is 0 Å². The first-order chi connectivity index (χ1) is 14.5. The molecule has 0 spiro atoms. The van der Waals surface area contributed by atoms with E-state index < -0.39 is 17.5 Å². The van der Waals surface area contributed by atoms with Gasteiger partial charge in [0, 0.05) is 30.0 Å². The SMILES string of the molecule is O=C(CCNC(=O)c1ccc(F)cc1F)Nc1nc(-c2ccc3c(c2)OCO3)cs1. The lowest BCUT2D eigenvalue weighted by Crippen LogP contribution is -2.28. The third-order valence-corrected chi connectivity index (χ3v) is 4.99.